The maximum Gasteiger partial charge on any atom is 0.512 e. The molecule has 0 N–H and O–H groups in total. The van der Waals surface area contributed by atoms with Crippen molar-refractivity contribution in [3.05, 3.63) is 30.3 Å². The van der Waals surface area contributed by atoms with Crippen molar-refractivity contribution < 1.29 is 23.8 Å². The number of ether oxygens (including phenoxy) is 3. The van der Waals surface area contributed by atoms with Crippen molar-refractivity contribution >= 4 is 23.9 Å². The van der Waals surface area contributed by atoms with Gasteiger partial charge in [-0.3, -0.25) is 4.79 Å². The van der Waals surface area contributed by atoms with Crippen molar-refractivity contribution in [1.29, 1.82) is 0 Å². The quantitative estimate of drug-likeness (QED) is 0.197. The molecule has 0 heterocycles. The van der Waals surface area contributed by atoms with E-state index in [1.54, 1.807) is 0 Å². The number of rotatable bonds is 13. The second-order valence-corrected chi connectivity index (χ2v) is 6.62. The first-order valence-corrected chi connectivity index (χ1v) is 9.84. The van der Waals surface area contributed by atoms with Crippen molar-refractivity contribution in [1.82, 2.24) is 0 Å². The lowest BCUT2D eigenvalue weighted by Crippen LogP contribution is -2.13. The number of hydrogen-bond acceptors (Lipinski definition) is 6. The average molecular weight is 368 g/mol. The molecule has 0 aliphatic heterocycles. The minimum Gasteiger partial charge on any atom is -0.428 e. The summed E-state index contributed by atoms with van der Waals surface area (Å²) in [5.74, 6) is -0.200. The maximum absolute atomic E-state index is 11.5. The maximum atomic E-state index is 11.5. The summed E-state index contributed by atoms with van der Waals surface area (Å²) in [4.78, 5) is 23.8. The highest BCUT2D eigenvalue weighted by molar-refractivity contribution is 7.99. The molecule has 0 aliphatic rings. The first kappa shape index (κ1) is 21.4. The van der Waals surface area contributed by atoms with Gasteiger partial charge < -0.3 is 14.2 Å². The van der Waals surface area contributed by atoms with Crippen molar-refractivity contribution in [2.24, 2.45) is 0 Å². The molecule has 140 valence electrons. The Morgan fingerprint density at radius 3 is 2.28 bits per heavy atom. The molecule has 0 spiro atoms. The van der Waals surface area contributed by atoms with Gasteiger partial charge in [-0.15, -0.1) is 0 Å². The van der Waals surface area contributed by atoms with Crippen LogP contribution in [0.2, 0.25) is 0 Å². The van der Waals surface area contributed by atoms with Crippen molar-refractivity contribution in [3.8, 4) is 0 Å². The summed E-state index contributed by atoms with van der Waals surface area (Å²) in [6.07, 6.45) is 7.50. The normalized spacial score (nSPS) is 10.3. The Morgan fingerprint density at radius 2 is 1.56 bits per heavy atom. The Hall–Kier alpha value is -1.69. The van der Waals surface area contributed by atoms with Gasteiger partial charge in [0, 0.05) is 11.3 Å². The van der Waals surface area contributed by atoms with E-state index in [0.29, 0.717) is 6.42 Å². The van der Waals surface area contributed by atoms with Crippen LogP contribution >= 0.6 is 11.8 Å². The Morgan fingerprint density at radius 1 is 0.880 bits per heavy atom. The predicted octanol–water partition coefficient (Wildman–Crippen LogP) is 5.53. The Bertz CT molecular complexity index is 478. The van der Waals surface area contributed by atoms with E-state index in [-0.39, 0.29) is 11.9 Å². The number of hydrogen-bond donors (Lipinski definition) is 0. The highest BCUT2D eigenvalue weighted by atomic mass is 32.2. The molecule has 0 saturated carbocycles. The highest BCUT2D eigenvalue weighted by Gasteiger charge is 2.07. The van der Waals surface area contributed by atoms with E-state index in [0.717, 1.165) is 24.2 Å². The van der Waals surface area contributed by atoms with E-state index in [4.69, 9.17) is 14.2 Å². The molecule has 0 bridgehead atoms. The smallest absolute Gasteiger partial charge is 0.428 e. The van der Waals surface area contributed by atoms with E-state index >= 15 is 0 Å². The molecule has 0 atom stereocenters. The monoisotopic (exact) mass is 368 g/mol. The zero-order valence-electron chi connectivity index (χ0n) is 14.9. The molecule has 1 aromatic rings. The minimum absolute atomic E-state index is 0.148. The highest BCUT2D eigenvalue weighted by Crippen LogP contribution is 2.16. The number of carbonyl (C=O) groups is 2. The molecular weight excluding hydrogens is 340 g/mol. The topological polar surface area (TPSA) is 61.8 Å². The van der Waals surface area contributed by atoms with Crippen LogP contribution in [0.1, 0.15) is 58.3 Å². The summed E-state index contributed by atoms with van der Waals surface area (Å²) in [6, 6.07) is 9.58. The van der Waals surface area contributed by atoms with Crippen LogP contribution in [-0.2, 0) is 19.0 Å². The van der Waals surface area contributed by atoms with Crippen LogP contribution in [0.4, 0.5) is 4.79 Å². The molecule has 0 aliphatic carbocycles. The van der Waals surface area contributed by atoms with Gasteiger partial charge >= 0.3 is 12.1 Å². The summed E-state index contributed by atoms with van der Waals surface area (Å²) in [6.45, 7) is 1.79. The molecule has 0 fully saturated rings. The fourth-order valence-electron chi connectivity index (χ4n) is 2.15. The van der Waals surface area contributed by atoms with Crippen LogP contribution in [0.25, 0.3) is 0 Å². The Kier molecular flexibility index (Phi) is 12.5. The van der Waals surface area contributed by atoms with Crippen LogP contribution in [0.3, 0.4) is 0 Å². The lowest BCUT2D eigenvalue weighted by molar-refractivity contribution is -0.153. The molecule has 0 saturated heterocycles. The van der Waals surface area contributed by atoms with E-state index in [1.165, 1.54) is 37.4 Å². The second-order valence-electron chi connectivity index (χ2n) is 5.62. The molecule has 0 unspecified atom stereocenters. The molecule has 5 nitrogen and oxygen atoms in total. The van der Waals surface area contributed by atoms with Gasteiger partial charge in [0.2, 0.25) is 6.79 Å². The first-order valence-electron chi connectivity index (χ1n) is 8.85. The summed E-state index contributed by atoms with van der Waals surface area (Å²) in [7, 11) is 0. The van der Waals surface area contributed by atoms with Crippen LogP contribution < -0.4 is 0 Å². The minimum atomic E-state index is -0.841. The summed E-state index contributed by atoms with van der Waals surface area (Å²) < 4.78 is 14.4. The van der Waals surface area contributed by atoms with Gasteiger partial charge in [0.05, 0.1) is 0 Å². The lowest BCUT2D eigenvalue weighted by atomic mass is 10.1. The zero-order chi connectivity index (χ0) is 18.2. The second kappa shape index (κ2) is 14.6. The number of carbonyl (C=O) groups excluding carboxylic acids is 2. The molecule has 6 heteroatoms. The number of benzene rings is 1. The summed E-state index contributed by atoms with van der Waals surface area (Å²) in [5.41, 5.74) is 0. The van der Waals surface area contributed by atoms with Crippen LogP contribution in [0.15, 0.2) is 35.2 Å². The molecular formula is C19H28O5S. The van der Waals surface area contributed by atoms with Crippen LogP contribution in [0, 0.1) is 0 Å². The van der Waals surface area contributed by atoms with Gasteiger partial charge in [-0.2, -0.15) is 0 Å². The summed E-state index contributed by atoms with van der Waals surface area (Å²) in [5, 5.41) is 0. The molecule has 0 radical (unpaired) electrons. The summed E-state index contributed by atoms with van der Waals surface area (Å²) >= 11 is 1.38. The third-order valence-electron chi connectivity index (χ3n) is 3.53. The van der Waals surface area contributed by atoms with Crippen molar-refractivity contribution in [2.45, 2.75) is 63.2 Å². The van der Waals surface area contributed by atoms with E-state index in [1.807, 2.05) is 30.3 Å². The molecule has 0 amide bonds. The first-order chi connectivity index (χ1) is 12.2. The van der Waals surface area contributed by atoms with Gasteiger partial charge in [0.1, 0.15) is 5.94 Å². The average Bonchev–Trinajstić information content (AvgIpc) is 2.62. The third kappa shape index (κ3) is 12.3. The largest absolute Gasteiger partial charge is 0.512 e. The number of unbranched alkanes of at least 4 members (excludes halogenated alkanes) is 6. The van der Waals surface area contributed by atoms with Gasteiger partial charge in [-0.05, 0) is 18.6 Å². The van der Waals surface area contributed by atoms with Gasteiger partial charge in [0.15, 0.2) is 0 Å². The zero-order valence-corrected chi connectivity index (χ0v) is 15.7. The van der Waals surface area contributed by atoms with E-state index < -0.39 is 12.9 Å². The SMILES string of the molecule is CCCCCCCCCC(=O)OCOC(=O)OCSc1ccccc1. The molecule has 25 heavy (non-hydrogen) atoms. The van der Waals surface area contributed by atoms with Gasteiger partial charge in [0.25, 0.3) is 0 Å². The molecule has 1 rings (SSSR count). The lowest BCUT2D eigenvalue weighted by Gasteiger charge is -2.07. The predicted molar refractivity (Wildman–Crippen MR) is 98.3 cm³/mol. The van der Waals surface area contributed by atoms with Gasteiger partial charge in [-0.1, -0.05) is 75.4 Å². The van der Waals surface area contributed by atoms with Crippen LogP contribution in [0.5, 0.6) is 0 Å². The Labute approximate surface area is 154 Å². The van der Waals surface area contributed by atoms with Crippen molar-refractivity contribution in [3.63, 3.8) is 0 Å². The van der Waals surface area contributed by atoms with E-state index in [9.17, 15) is 9.59 Å². The fourth-order valence-corrected chi connectivity index (χ4v) is 2.79. The van der Waals surface area contributed by atoms with Crippen LogP contribution in [-0.4, -0.2) is 24.9 Å². The fraction of sp³-hybridized carbons (Fsp3) is 0.579. The third-order valence-corrected chi connectivity index (χ3v) is 4.37. The number of thioether (sulfide) groups is 1. The standard InChI is InChI=1S/C19H28O5S/c1-2-3-4-5-6-7-11-14-18(20)22-15-23-19(21)24-16-25-17-12-9-8-10-13-17/h8-10,12-13H,2-7,11,14-16H2,1H3. The van der Waals surface area contributed by atoms with Gasteiger partial charge in [-0.25, -0.2) is 4.79 Å². The molecule has 1 aromatic carbocycles. The van der Waals surface area contributed by atoms with E-state index in [2.05, 4.69) is 6.92 Å². The number of esters is 1. The van der Waals surface area contributed by atoms with Crippen molar-refractivity contribution in [2.75, 3.05) is 12.7 Å². The molecule has 0 aromatic heterocycles. The Balaban J connectivity index is 1.93.